The van der Waals surface area contributed by atoms with E-state index in [0.717, 1.165) is 11.1 Å². The van der Waals surface area contributed by atoms with E-state index in [0.29, 0.717) is 45.0 Å². The summed E-state index contributed by atoms with van der Waals surface area (Å²) in [4.78, 5) is 22.3. The number of aryl methyl sites for hydroxylation is 2. The van der Waals surface area contributed by atoms with Gasteiger partial charge in [-0.3, -0.25) is 0 Å². The van der Waals surface area contributed by atoms with Crippen LogP contribution in [0.5, 0.6) is 11.6 Å². The zero-order chi connectivity index (χ0) is 19.7. The molecule has 28 heavy (non-hydrogen) atoms. The lowest BCUT2D eigenvalue weighted by Crippen LogP contribution is -2.03. The van der Waals surface area contributed by atoms with Crippen molar-refractivity contribution in [2.24, 2.45) is 0 Å². The van der Waals surface area contributed by atoms with Crippen molar-refractivity contribution >= 4 is 27.5 Å². The summed E-state index contributed by atoms with van der Waals surface area (Å²) in [5.74, 6) is 1.51. The molecule has 9 heteroatoms. The molecule has 3 heterocycles. The van der Waals surface area contributed by atoms with Gasteiger partial charge in [0.05, 0.1) is 12.0 Å². The first-order valence-electron chi connectivity index (χ1n) is 8.56. The molecule has 0 aliphatic rings. The smallest absolute Gasteiger partial charge is 0.348 e. The van der Waals surface area contributed by atoms with Gasteiger partial charge in [0.15, 0.2) is 0 Å². The molecule has 0 unspecified atom stereocenters. The second-order valence-corrected chi connectivity index (χ2v) is 6.91. The molecule has 0 radical (unpaired) electrons. The SMILES string of the molecule is CCOC(=O)c1sc2nc(C)nc(Oc3cccc(-c4nnco4)c3)c2c1C. The van der Waals surface area contributed by atoms with Crippen LogP contribution in [0.2, 0.25) is 0 Å². The van der Waals surface area contributed by atoms with Crippen LogP contribution in [0.3, 0.4) is 0 Å². The van der Waals surface area contributed by atoms with Gasteiger partial charge < -0.3 is 13.9 Å². The number of rotatable bonds is 5. The number of thiophene rings is 1. The monoisotopic (exact) mass is 396 g/mol. The van der Waals surface area contributed by atoms with Crippen LogP contribution in [0.1, 0.15) is 28.0 Å². The van der Waals surface area contributed by atoms with Crippen molar-refractivity contribution in [2.45, 2.75) is 20.8 Å². The maximum absolute atomic E-state index is 12.2. The summed E-state index contributed by atoms with van der Waals surface area (Å²) in [5.41, 5.74) is 1.47. The average Bonchev–Trinajstić information content (AvgIpc) is 3.30. The number of esters is 1. The molecule has 0 atom stereocenters. The van der Waals surface area contributed by atoms with Gasteiger partial charge in [-0.25, -0.2) is 9.78 Å². The number of aromatic nitrogens is 4. The number of carbonyl (C=O) groups is 1. The second-order valence-electron chi connectivity index (χ2n) is 5.91. The topological polar surface area (TPSA) is 100 Å². The molecule has 0 bridgehead atoms. The van der Waals surface area contributed by atoms with Crippen molar-refractivity contribution in [3.63, 3.8) is 0 Å². The van der Waals surface area contributed by atoms with Crippen LogP contribution in [-0.2, 0) is 4.74 Å². The molecule has 0 aliphatic heterocycles. The van der Waals surface area contributed by atoms with Crippen molar-refractivity contribution in [3.8, 4) is 23.1 Å². The standard InChI is InChI=1S/C19H16N4O4S/c1-4-25-19(24)15-10(2)14-17(21-11(3)22-18(14)28-15)27-13-7-5-6-12(8-13)16-23-20-9-26-16/h5-9H,4H2,1-3H3. The van der Waals surface area contributed by atoms with E-state index in [1.165, 1.54) is 17.7 Å². The summed E-state index contributed by atoms with van der Waals surface area (Å²) in [6.45, 7) is 5.70. The van der Waals surface area contributed by atoms with E-state index >= 15 is 0 Å². The van der Waals surface area contributed by atoms with Crippen molar-refractivity contribution in [1.29, 1.82) is 0 Å². The molecule has 4 aromatic rings. The van der Waals surface area contributed by atoms with E-state index in [2.05, 4.69) is 20.2 Å². The molecule has 0 amide bonds. The zero-order valence-electron chi connectivity index (χ0n) is 15.4. The van der Waals surface area contributed by atoms with Crippen molar-refractivity contribution in [3.05, 3.63) is 46.9 Å². The number of carbonyl (C=O) groups excluding carboxylic acids is 1. The highest BCUT2D eigenvalue weighted by atomic mass is 32.1. The Balaban J connectivity index is 1.77. The third-order valence-corrected chi connectivity index (χ3v) is 5.15. The number of hydrogen-bond donors (Lipinski definition) is 0. The van der Waals surface area contributed by atoms with Gasteiger partial charge in [-0.1, -0.05) is 6.07 Å². The summed E-state index contributed by atoms with van der Waals surface area (Å²) in [7, 11) is 0. The van der Waals surface area contributed by atoms with E-state index in [1.54, 1.807) is 26.0 Å². The number of benzene rings is 1. The lowest BCUT2D eigenvalue weighted by molar-refractivity contribution is 0.0531. The quantitative estimate of drug-likeness (QED) is 0.460. The van der Waals surface area contributed by atoms with Gasteiger partial charge in [-0.15, -0.1) is 21.5 Å². The van der Waals surface area contributed by atoms with Crippen molar-refractivity contribution in [2.75, 3.05) is 6.61 Å². The molecule has 0 fully saturated rings. The van der Waals surface area contributed by atoms with E-state index < -0.39 is 0 Å². The third-order valence-electron chi connectivity index (χ3n) is 3.99. The fourth-order valence-corrected chi connectivity index (χ4v) is 3.88. The molecule has 0 N–H and O–H groups in total. The third kappa shape index (κ3) is 3.31. The Morgan fingerprint density at radius 2 is 2.11 bits per heavy atom. The minimum absolute atomic E-state index is 0.309. The van der Waals surface area contributed by atoms with Gasteiger partial charge in [0.25, 0.3) is 0 Å². The fraction of sp³-hybridized carbons (Fsp3) is 0.211. The van der Waals surface area contributed by atoms with E-state index in [4.69, 9.17) is 13.9 Å². The lowest BCUT2D eigenvalue weighted by Gasteiger charge is -2.08. The first kappa shape index (κ1) is 18.1. The van der Waals surface area contributed by atoms with E-state index in [9.17, 15) is 4.79 Å². The van der Waals surface area contributed by atoms with E-state index in [-0.39, 0.29) is 5.97 Å². The maximum atomic E-state index is 12.2. The Morgan fingerprint density at radius 3 is 2.86 bits per heavy atom. The molecule has 8 nitrogen and oxygen atoms in total. The summed E-state index contributed by atoms with van der Waals surface area (Å²) in [5, 5.41) is 8.29. The molecular weight excluding hydrogens is 380 g/mol. The molecule has 0 saturated carbocycles. The lowest BCUT2D eigenvalue weighted by atomic mass is 10.2. The van der Waals surface area contributed by atoms with E-state index in [1.807, 2.05) is 19.1 Å². The highest BCUT2D eigenvalue weighted by molar-refractivity contribution is 7.20. The van der Waals surface area contributed by atoms with Gasteiger partial charge in [-0.05, 0) is 44.5 Å². The number of ether oxygens (including phenoxy) is 2. The van der Waals surface area contributed by atoms with Crippen LogP contribution in [0.4, 0.5) is 0 Å². The summed E-state index contributed by atoms with van der Waals surface area (Å²) in [6, 6.07) is 7.25. The Kier molecular flexibility index (Phi) is 4.74. The Labute approximate surface area is 164 Å². The molecule has 1 aromatic carbocycles. The van der Waals surface area contributed by atoms with Gasteiger partial charge in [0.1, 0.15) is 21.3 Å². The van der Waals surface area contributed by atoms with Gasteiger partial charge >= 0.3 is 5.97 Å². The Hall–Kier alpha value is -3.33. The van der Waals surface area contributed by atoms with Crippen LogP contribution in [0.15, 0.2) is 35.1 Å². The van der Waals surface area contributed by atoms with Crippen LogP contribution in [-0.4, -0.2) is 32.7 Å². The molecule has 142 valence electrons. The predicted molar refractivity (Wildman–Crippen MR) is 103 cm³/mol. The first-order valence-corrected chi connectivity index (χ1v) is 9.37. The zero-order valence-corrected chi connectivity index (χ0v) is 16.2. The van der Waals surface area contributed by atoms with Gasteiger partial charge in [0, 0.05) is 5.56 Å². The molecule has 4 rings (SSSR count). The Morgan fingerprint density at radius 1 is 1.25 bits per heavy atom. The largest absolute Gasteiger partial charge is 0.462 e. The predicted octanol–water partition coefficient (Wildman–Crippen LogP) is 4.33. The fourth-order valence-electron chi connectivity index (χ4n) is 2.77. The summed E-state index contributed by atoms with van der Waals surface area (Å²) < 4.78 is 16.4. The first-order chi connectivity index (χ1) is 13.6. The van der Waals surface area contributed by atoms with Crippen molar-refractivity contribution < 1.29 is 18.7 Å². The van der Waals surface area contributed by atoms with Crippen LogP contribution in [0, 0.1) is 13.8 Å². The highest BCUT2D eigenvalue weighted by Gasteiger charge is 2.22. The molecule has 0 spiro atoms. The number of hydrogen-bond acceptors (Lipinski definition) is 9. The molecular formula is C19H16N4O4S. The number of nitrogens with zero attached hydrogens (tertiary/aromatic N) is 4. The average molecular weight is 396 g/mol. The maximum Gasteiger partial charge on any atom is 0.348 e. The number of fused-ring (bicyclic) bond motifs is 1. The summed E-state index contributed by atoms with van der Waals surface area (Å²) in [6.07, 6.45) is 1.27. The molecule has 0 aliphatic carbocycles. The van der Waals surface area contributed by atoms with Gasteiger partial charge in [0.2, 0.25) is 18.2 Å². The highest BCUT2D eigenvalue weighted by Crippen LogP contribution is 2.37. The van der Waals surface area contributed by atoms with Gasteiger partial charge in [-0.2, -0.15) is 4.98 Å². The minimum Gasteiger partial charge on any atom is -0.462 e. The normalized spacial score (nSPS) is 11.0. The second kappa shape index (κ2) is 7.35. The Bertz CT molecular complexity index is 1150. The molecule has 3 aromatic heterocycles. The van der Waals surface area contributed by atoms with Crippen molar-refractivity contribution in [1.82, 2.24) is 20.2 Å². The van der Waals surface area contributed by atoms with Crippen LogP contribution >= 0.6 is 11.3 Å². The van der Waals surface area contributed by atoms with Crippen LogP contribution in [0.25, 0.3) is 21.7 Å². The minimum atomic E-state index is -0.370. The molecule has 0 saturated heterocycles. The summed E-state index contributed by atoms with van der Waals surface area (Å²) >= 11 is 1.27. The van der Waals surface area contributed by atoms with Crippen LogP contribution < -0.4 is 4.74 Å².